The van der Waals surface area contributed by atoms with Crippen molar-refractivity contribution < 1.29 is 23.7 Å². The molecule has 0 radical (unpaired) electrons. The first-order chi connectivity index (χ1) is 18.6. The van der Waals surface area contributed by atoms with Crippen molar-refractivity contribution in [3.05, 3.63) is 113 Å². The van der Waals surface area contributed by atoms with Gasteiger partial charge in [0.15, 0.2) is 0 Å². The quantitative estimate of drug-likeness (QED) is 0.271. The molecule has 1 aliphatic carbocycles. The number of benzene rings is 4. The highest BCUT2D eigenvalue weighted by Crippen LogP contribution is 2.44. The third kappa shape index (κ3) is 5.02. The maximum atomic E-state index is 13.2. The minimum atomic E-state index is -0.512. The molecule has 0 fully saturated rings. The van der Waals surface area contributed by atoms with Gasteiger partial charge in [-0.1, -0.05) is 60.7 Å². The summed E-state index contributed by atoms with van der Waals surface area (Å²) in [4.78, 5) is 13.2. The Morgan fingerprint density at radius 3 is 2.05 bits per heavy atom. The summed E-state index contributed by atoms with van der Waals surface area (Å²) in [6.45, 7) is 2.75. The van der Waals surface area contributed by atoms with E-state index < -0.39 is 12.1 Å². The van der Waals surface area contributed by atoms with Crippen LogP contribution in [0.15, 0.2) is 91.0 Å². The Morgan fingerprint density at radius 1 is 0.816 bits per heavy atom. The summed E-state index contributed by atoms with van der Waals surface area (Å²) in [5.74, 6) is 2.00. The number of ether oxygens (including phenoxy) is 4. The highest BCUT2D eigenvalue weighted by atomic mass is 16.5. The number of carbonyl (C=O) groups is 1. The van der Waals surface area contributed by atoms with Crippen LogP contribution in [-0.2, 0) is 4.74 Å². The highest BCUT2D eigenvalue weighted by molar-refractivity contribution is 5.79. The van der Waals surface area contributed by atoms with Crippen molar-refractivity contribution in [3.8, 4) is 28.4 Å². The summed E-state index contributed by atoms with van der Waals surface area (Å²) in [5, 5.41) is 3.06. The van der Waals surface area contributed by atoms with E-state index in [9.17, 15) is 4.79 Å². The lowest BCUT2D eigenvalue weighted by Crippen LogP contribution is -2.31. The van der Waals surface area contributed by atoms with Crippen LogP contribution in [-0.4, -0.2) is 33.5 Å². The Hall–Kier alpha value is -4.45. The molecule has 38 heavy (non-hydrogen) atoms. The lowest BCUT2D eigenvalue weighted by atomic mass is 9.97. The molecule has 4 aromatic carbocycles. The third-order valence-corrected chi connectivity index (χ3v) is 6.88. The van der Waals surface area contributed by atoms with Crippen LogP contribution in [0.5, 0.6) is 17.2 Å². The molecule has 1 N–H and O–H groups in total. The van der Waals surface area contributed by atoms with Crippen molar-refractivity contribution in [2.75, 3.05) is 27.4 Å². The van der Waals surface area contributed by atoms with Gasteiger partial charge >= 0.3 is 6.09 Å². The second-order valence-electron chi connectivity index (χ2n) is 9.01. The van der Waals surface area contributed by atoms with E-state index in [0.29, 0.717) is 18.1 Å². The number of alkyl carbamates (subject to hydrolysis) is 1. The molecule has 1 aliphatic rings. The average Bonchev–Trinajstić information content (AvgIpc) is 3.29. The molecule has 0 saturated carbocycles. The van der Waals surface area contributed by atoms with Crippen molar-refractivity contribution in [1.29, 1.82) is 0 Å². The molecule has 4 aromatic rings. The van der Waals surface area contributed by atoms with E-state index in [1.54, 1.807) is 20.3 Å². The minimum absolute atomic E-state index is 0.0207. The fraction of sp³-hybridized carbons (Fsp3) is 0.219. The molecule has 0 spiro atoms. The first-order valence-corrected chi connectivity index (χ1v) is 12.7. The van der Waals surface area contributed by atoms with E-state index in [1.807, 2.05) is 67.6 Å². The third-order valence-electron chi connectivity index (χ3n) is 6.88. The van der Waals surface area contributed by atoms with Gasteiger partial charge in [-0.2, -0.15) is 0 Å². The molecule has 6 heteroatoms. The van der Waals surface area contributed by atoms with Crippen molar-refractivity contribution in [2.45, 2.75) is 18.9 Å². The van der Waals surface area contributed by atoms with Gasteiger partial charge < -0.3 is 24.3 Å². The number of hydrogen-bond donors (Lipinski definition) is 1. The lowest BCUT2D eigenvalue weighted by Gasteiger charge is -2.23. The van der Waals surface area contributed by atoms with Crippen molar-refractivity contribution in [2.24, 2.45) is 0 Å². The predicted molar refractivity (Wildman–Crippen MR) is 147 cm³/mol. The van der Waals surface area contributed by atoms with Gasteiger partial charge in [-0.3, -0.25) is 0 Å². The Morgan fingerprint density at radius 2 is 1.45 bits per heavy atom. The van der Waals surface area contributed by atoms with Gasteiger partial charge in [0.1, 0.15) is 23.9 Å². The van der Waals surface area contributed by atoms with Crippen molar-refractivity contribution >= 4 is 6.09 Å². The zero-order valence-electron chi connectivity index (χ0n) is 21.8. The number of methoxy groups -OCH3 is 2. The summed E-state index contributed by atoms with van der Waals surface area (Å²) < 4.78 is 22.5. The smallest absolute Gasteiger partial charge is 0.407 e. The van der Waals surface area contributed by atoms with E-state index >= 15 is 0 Å². The topological polar surface area (TPSA) is 66.0 Å². The van der Waals surface area contributed by atoms with E-state index in [0.717, 1.165) is 16.9 Å². The highest BCUT2D eigenvalue weighted by Gasteiger charge is 2.30. The number of fused-ring (bicyclic) bond motifs is 3. The largest absolute Gasteiger partial charge is 0.497 e. The summed E-state index contributed by atoms with van der Waals surface area (Å²) in [6, 6.07) is 29.2. The van der Waals surface area contributed by atoms with Crippen molar-refractivity contribution in [1.82, 2.24) is 5.32 Å². The van der Waals surface area contributed by atoms with E-state index in [2.05, 4.69) is 29.6 Å². The average molecular weight is 510 g/mol. The van der Waals surface area contributed by atoms with E-state index in [4.69, 9.17) is 18.9 Å². The molecule has 0 aliphatic heterocycles. The predicted octanol–water partition coefficient (Wildman–Crippen LogP) is 6.73. The Bertz CT molecular complexity index is 1370. The van der Waals surface area contributed by atoms with Crippen LogP contribution in [0.4, 0.5) is 4.79 Å². The summed E-state index contributed by atoms with van der Waals surface area (Å²) in [7, 11) is 3.20. The molecule has 1 amide bonds. The van der Waals surface area contributed by atoms with Crippen molar-refractivity contribution in [3.63, 3.8) is 0 Å². The first kappa shape index (κ1) is 25.2. The summed E-state index contributed by atoms with van der Waals surface area (Å²) >= 11 is 0. The van der Waals surface area contributed by atoms with Crippen LogP contribution in [0, 0.1) is 0 Å². The maximum Gasteiger partial charge on any atom is 0.407 e. The molecule has 0 heterocycles. The van der Waals surface area contributed by atoms with Gasteiger partial charge in [-0.15, -0.1) is 0 Å². The summed E-state index contributed by atoms with van der Waals surface area (Å²) in [5.41, 5.74) is 6.36. The molecule has 1 atom stereocenters. The molecular weight excluding hydrogens is 478 g/mol. The Balaban J connectivity index is 1.39. The van der Waals surface area contributed by atoms with Crippen LogP contribution >= 0.6 is 0 Å². The molecule has 0 unspecified atom stereocenters. The minimum Gasteiger partial charge on any atom is -0.497 e. The number of nitrogens with one attached hydrogen (secondary N) is 1. The van der Waals surface area contributed by atoms with Crippen LogP contribution in [0.2, 0.25) is 0 Å². The fourth-order valence-corrected chi connectivity index (χ4v) is 5.08. The molecule has 0 aromatic heterocycles. The van der Waals surface area contributed by atoms with Gasteiger partial charge in [-0.05, 0) is 59.0 Å². The Kier molecular flexibility index (Phi) is 7.50. The van der Waals surface area contributed by atoms with Crippen LogP contribution in [0.25, 0.3) is 11.1 Å². The number of hydrogen-bond acceptors (Lipinski definition) is 5. The Labute approximate surface area is 223 Å². The molecular formula is C32H31NO5. The molecule has 194 valence electrons. The second kappa shape index (κ2) is 11.3. The zero-order chi connectivity index (χ0) is 26.5. The SMILES string of the molecule is CCOc1ccc([C@@H](NC(=O)OCC2c3ccccc3-c3ccccc32)c2ccc(OC)cc2OC)cc1. The van der Waals surface area contributed by atoms with Gasteiger partial charge in [0, 0.05) is 17.5 Å². The van der Waals surface area contributed by atoms with Crippen LogP contribution in [0.1, 0.15) is 41.1 Å². The molecule has 0 bridgehead atoms. The maximum absolute atomic E-state index is 13.2. The van der Waals surface area contributed by atoms with E-state index in [-0.39, 0.29) is 12.5 Å². The van der Waals surface area contributed by atoms with E-state index in [1.165, 1.54) is 22.3 Å². The van der Waals surface area contributed by atoms with Gasteiger partial charge in [-0.25, -0.2) is 4.79 Å². The summed E-state index contributed by atoms with van der Waals surface area (Å²) in [6.07, 6.45) is -0.511. The second-order valence-corrected chi connectivity index (χ2v) is 9.01. The number of carbonyl (C=O) groups excluding carboxylic acids is 1. The van der Waals surface area contributed by atoms with Gasteiger partial charge in [0.2, 0.25) is 0 Å². The lowest BCUT2D eigenvalue weighted by molar-refractivity contribution is 0.140. The van der Waals surface area contributed by atoms with Gasteiger partial charge in [0.05, 0.1) is 26.9 Å². The van der Waals surface area contributed by atoms with Crippen LogP contribution < -0.4 is 19.5 Å². The number of rotatable bonds is 9. The zero-order valence-corrected chi connectivity index (χ0v) is 21.8. The van der Waals surface area contributed by atoms with Gasteiger partial charge in [0.25, 0.3) is 0 Å². The standard InChI is InChI=1S/C32H31NO5/c1-4-37-22-15-13-21(14-16-22)31(28-18-17-23(35-2)19-30(28)36-3)33-32(34)38-20-29-26-11-7-5-9-24(26)25-10-6-8-12-27(25)29/h5-19,29,31H,4,20H2,1-3H3,(H,33,34)/t31-/m1/s1. The fourth-order valence-electron chi connectivity index (χ4n) is 5.08. The molecule has 6 nitrogen and oxygen atoms in total. The monoisotopic (exact) mass is 509 g/mol. The number of amides is 1. The molecule has 0 saturated heterocycles. The van der Waals surface area contributed by atoms with Crippen LogP contribution in [0.3, 0.4) is 0 Å². The molecule has 5 rings (SSSR count). The first-order valence-electron chi connectivity index (χ1n) is 12.7. The normalized spacial score (nSPS) is 12.7.